The van der Waals surface area contributed by atoms with E-state index < -0.39 is 11.2 Å². The summed E-state index contributed by atoms with van der Waals surface area (Å²) in [4.78, 5) is 30.8. The van der Waals surface area contributed by atoms with Crippen LogP contribution in [0.1, 0.15) is 13.3 Å². The minimum Gasteiger partial charge on any atom is -0.290 e. The fourth-order valence-electron chi connectivity index (χ4n) is 1.11. The lowest BCUT2D eigenvalue weighted by atomic mass is 10.5. The van der Waals surface area contributed by atoms with Crippen molar-refractivity contribution in [1.82, 2.24) is 25.1 Å². The summed E-state index contributed by atoms with van der Waals surface area (Å²) in [5.74, 6) is 0.862. The third-order valence-electron chi connectivity index (χ3n) is 1.78. The monoisotopic (exact) mass is 239 g/mol. The van der Waals surface area contributed by atoms with Gasteiger partial charge in [0.15, 0.2) is 11.2 Å². The van der Waals surface area contributed by atoms with Crippen LogP contribution in [-0.2, 0) is 0 Å². The molecule has 2 rings (SSSR count). The maximum Gasteiger partial charge on any atom is 0.327 e. The van der Waals surface area contributed by atoms with Gasteiger partial charge in [-0.1, -0.05) is 18.7 Å². The molecule has 7 nitrogen and oxygen atoms in total. The van der Waals surface area contributed by atoms with Gasteiger partial charge in [0.25, 0.3) is 5.56 Å². The topological polar surface area (TPSA) is 104 Å². The molecule has 0 radical (unpaired) electrons. The zero-order valence-electron chi connectivity index (χ0n) is 8.48. The van der Waals surface area contributed by atoms with Gasteiger partial charge in [-0.05, 0) is 6.42 Å². The summed E-state index contributed by atoms with van der Waals surface area (Å²) in [7, 11) is 0. The number of hydrogen-bond acceptors (Lipinski definition) is 6. The van der Waals surface area contributed by atoms with E-state index in [2.05, 4.69) is 25.1 Å². The first-order valence-electron chi connectivity index (χ1n) is 4.70. The molecule has 2 heterocycles. The second kappa shape index (κ2) is 4.44. The highest BCUT2D eigenvalue weighted by atomic mass is 32.2. The van der Waals surface area contributed by atoms with Gasteiger partial charge in [-0.25, -0.2) is 9.78 Å². The normalized spacial score (nSPS) is 10.8. The molecule has 0 saturated carbocycles. The van der Waals surface area contributed by atoms with Crippen molar-refractivity contribution >= 4 is 22.9 Å². The molecule has 0 amide bonds. The summed E-state index contributed by atoms with van der Waals surface area (Å²) < 4.78 is 0. The molecule has 0 unspecified atom stereocenters. The van der Waals surface area contributed by atoms with E-state index in [1.165, 1.54) is 11.8 Å². The summed E-state index contributed by atoms with van der Waals surface area (Å²) in [6.45, 7) is 2.04. The predicted molar refractivity (Wildman–Crippen MR) is 59.6 cm³/mol. The Morgan fingerprint density at radius 3 is 2.81 bits per heavy atom. The number of nitrogens with one attached hydrogen (secondary N) is 2. The summed E-state index contributed by atoms with van der Waals surface area (Å²) in [6.07, 6.45) is 0.984. The van der Waals surface area contributed by atoms with Crippen LogP contribution in [0.2, 0.25) is 0 Å². The first-order chi connectivity index (χ1) is 7.70. The number of thioether (sulfide) groups is 1. The van der Waals surface area contributed by atoms with Gasteiger partial charge in [-0.2, -0.15) is 0 Å². The molecule has 0 saturated heterocycles. The molecule has 0 aliphatic heterocycles. The zero-order valence-corrected chi connectivity index (χ0v) is 9.30. The van der Waals surface area contributed by atoms with E-state index in [4.69, 9.17) is 0 Å². The molecule has 2 N–H and O–H groups in total. The Labute approximate surface area is 93.7 Å². The maximum absolute atomic E-state index is 11.3. The first-order valence-corrected chi connectivity index (χ1v) is 5.69. The van der Waals surface area contributed by atoms with Crippen LogP contribution >= 0.6 is 11.8 Å². The molecule has 0 atom stereocenters. The van der Waals surface area contributed by atoms with Crippen LogP contribution in [-0.4, -0.2) is 30.9 Å². The van der Waals surface area contributed by atoms with Gasteiger partial charge in [0.2, 0.25) is 5.16 Å². The molecule has 0 aliphatic rings. The maximum atomic E-state index is 11.3. The van der Waals surface area contributed by atoms with Crippen molar-refractivity contribution in [2.45, 2.75) is 18.5 Å². The predicted octanol–water partition coefficient (Wildman–Crippen LogP) is -0.0965. The molecule has 16 heavy (non-hydrogen) atoms. The highest BCUT2D eigenvalue weighted by Gasteiger charge is 2.06. The molecule has 0 fully saturated rings. The Hall–Kier alpha value is -1.70. The van der Waals surface area contributed by atoms with Crippen LogP contribution in [0.4, 0.5) is 0 Å². The van der Waals surface area contributed by atoms with E-state index in [-0.39, 0.29) is 11.2 Å². The van der Waals surface area contributed by atoms with E-state index >= 15 is 0 Å². The highest BCUT2D eigenvalue weighted by molar-refractivity contribution is 7.99. The number of fused-ring (bicyclic) bond motifs is 1. The Kier molecular flexibility index (Phi) is 3.00. The lowest BCUT2D eigenvalue weighted by Crippen LogP contribution is -2.23. The molecule has 84 valence electrons. The van der Waals surface area contributed by atoms with Crippen molar-refractivity contribution < 1.29 is 0 Å². The van der Waals surface area contributed by atoms with Gasteiger partial charge in [0, 0.05) is 5.75 Å². The van der Waals surface area contributed by atoms with Crippen LogP contribution in [0.25, 0.3) is 11.2 Å². The molecular weight excluding hydrogens is 230 g/mol. The molecular formula is C8H9N5O2S. The Morgan fingerprint density at radius 1 is 1.25 bits per heavy atom. The van der Waals surface area contributed by atoms with Crippen LogP contribution < -0.4 is 11.2 Å². The second-order valence-corrected chi connectivity index (χ2v) is 4.11. The van der Waals surface area contributed by atoms with Gasteiger partial charge >= 0.3 is 5.69 Å². The average Bonchev–Trinajstić information content (AvgIpc) is 2.25. The molecule has 0 bridgehead atoms. The van der Waals surface area contributed by atoms with Crippen molar-refractivity contribution in [3.05, 3.63) is 20.8 Å². The minimum atomic E-state index is -0.593. The number of hydrogen-bond donors (Lipinski definition) is 2. The quantitative estimate of drug-likeness (QED) is 0.725. The third kappa shape index (κ3) is 2.11. The minimum absolute atomic E-state index is 0.0421. The Morgan fingerprint density at radius 2 is 2.06 bits per heavy atom. The van der Waals surface area contributed by atoms with Crippen molar-refractivity contribution in [1.29, 1.82) is 0 Å². The van der Waals surface area contributed by atoms with E-state index in [0.717, 1.165) is 12.2 Å². The van der Waals surface area contributed by atoms with Crippen molar-refractivity contribution in [3.63, 3.8) is 0 Å². The van der Waals surface area contributed by atoms with Crippen LogP contribution in [0.3, 0.4) is 0 Å². The highest BCUT2D eigenvalue weighted by Crippen LogP contribution is 2.12. The number of nitrogens with zero attached hydrogens (tertiary/aromatic N) is 3. The van der Waals surface area contributed by atoms with Gasteiger partial charge in [-0.15, -0.1) is 10.2 Å². The second-order valence-electron chi connectivity index (χ2n) is 3.05. The third-order valence-corrected chi connectivity index (χ3v) is 2.82. The average molecular weight is 239 g/mol. The van der Waals surface area contributed by atoms with E-state index in [1.54, 1.807) is 0 Å². The molecule has 2 aromatic heterocycles. The summed E-state index contributed by atoms with van der Waals surface area (Å²) in [5.41, 5.74) is -0.960. The largest absolute Gasteiger partial charge is 0.327 e. The lowest BCUT2D eigenvalue weighted by molar-refractivity contribution is 0.855. The standard InChI is InChI=1S/C8H9N5O2S/c1-2-3-16-8-10-5-4(12-13-8)6(14)11-7(15)9-5/h2-3H2,1H3,(H2,9,10,11,13,14,15). The van der Waals surface area contributed by atoms with E-state index in [0.29, 0.717) is 5.16 Å². The molecule has 0 aromatic carbocycles. The first kappa shape index (κ1) is 10.8. The SMILES string of the molecule is CCCSc1nnc2c(=O)[nH]c(=O)[nH]c2n1. The van der Waals surface area contributed by atoms with Crippen LogP contribution in [0.15, 0.2) is 14.7 Å². The van der Waals surface area contributed by atoms with Crippen molar-refractivity contribution in [2.75, 3.05) is 5.75 Å². The van der Waals surface area contributed by atoms with Crippen molar-refractivity contribution in [3.8, 4) is 0 Å². The van der Waals surface area contributed by atoms with Gasteiger partial charge < -0.3 is 0 Å². The number of aromatic nitrogens is 5. The summed E-state index contributed by atoms with van der Waals surface area (Å²) in [5, 5.41) is 7.98. The van der Waals surface area contributed by atoms with Crippen LogP contribution in [0.5, 0.6) is 0 Å². The van der Waals surface area contributed by atoms with Gasteiger partial charge in [-0.3, -0.25) is 14.8 Å². The van der Waals surface area contributed by atoms with E-state index in [9.17, 15) is 9.59 Å². The molecule has 0 spiro atoms. The Bertz CT molecular complexity index is 620. The zero-order chi connectivity index (χ0) is 11.5. The number of rotatable bonds is 3. The van der Waals surface area contributed by atoms with Gasteiger partial charge in [0.05, 0.1) is 0 Å². The lowest BCUT2D eigenvalue weighted by Gasteiger charge is -1.98. The fraction of sp³-hybridized carbons (Fsp3) is 0.375. The van der Waals surface area contributed by atoms with Crippen LogP contribution in [0, 0.1) is 0 Å². The summed E-state index contributed by atoms with van der Waals surface area (Å²) in [6, 6.07) is 0. The number of aromatic amines is 2. The number of H-pyrrole nitrogens is 2. The van der Waals surface area contributed by atoms with Crippen molar-refractivity contribution in [2.24, 2.45) is 0 Å². The molecule has 0 aliphatic carbocycles. The smallest absolute Gasteiger partial charge is 0.290 e. The Balaban J connectivity index is 2.53. The van der Waals surface area contributed by atoms with E-state index in [1.807, 2.05) is 6.92 Å². The molecule has 8 heteroatoms. The van der Waals surface area contributed by atoms with Gasteiger partial charge in [0.1, 0.15) is 0 Å². The molecule has 2 aromatic rings. The summed E-state index contributed by atoms with van der Waals surface area (Å²) >= 11 is 1.43. The fourth-order valence-corrected chi connectivity index (χ4v) is 1.75.